The molecule has 0 saturated heterocycles. The summed E-state index contributed by atoms with van der Waals surface area (Å²) in [5.41, 5.74) is 1.13. The second-order valence-electron chi connectivity index (χ2n) is 6.12. The number of hydrogen-bond donors (Lipinski definition) is 2. The van der Waals surface area contributed by atoms with E-state index in [4.69, 9.17) is 0 Å². The number of alkyl halides is 3. The van der Waals surface area contributed by atoms with E-state index >= 15 is 0 Å². The van der Waals surface area contributed by atoms with Gasteiger partial charge in [-0.2, -0.15) is 18.3 Å². The van der Waals surface area contributed by atoms with Crippen molar-refractivity contribution in [2.24, 2.45) is 4.99 Å². The standard InChI is InChI=1S/C19H21F3N6S.HI/c1-2-23-18(24-9-7-17-27-16(13-29-17)19(20,21)22)25-12-14-5-3-6-15(11-14)28-10-4-8-26-28;/h3-6,8,10-11,13H,2,7,9,12H2,1H3,(H2,23,24,25);1H. The predicted molar refractivity (Wildman–Crippen MR) is 123 cm³/mol. The third-order valence-corrected chi connectivity index (χ3v) is 4.83. The fourth-order valence-electron chi connectivity index (χ4n) is 2.57. The van der Waals surface area contributed by atoms with Crippen LogP contribution in [0.5, 0.6) is 0 Å². The summed E-state index contributed by atoms with van der Waals surface area (Å²) >= 11 is 1.01. The summed E-state index contributed by atoms with van der Waals surface area (Å²) in [6.07, 6.45) is -0.418. The van der Waals surface area contributed by atoms with E-state index < -0.39 is 11.9 Å². The quantitative estimate of drug-likeness (QED) is 0.262. The molecular weight excluding hydrogens is 528 g/mol. The number of aromatic nitrogens is 3. The number of nitrogens with zero attached hydrogens (tertiary/aromatic N) is 4. The molecule has 3 rings (SSSR count). The molecule has 2 aromatic heterocycles. The minimum Gasteiger partial charge on any atom is -0.357 e. The summed E-state index contributed by atoms with van der Waals surface area (Å²) in [6.45, 7) is 3.52. The lowest BCUT2D eigenvalue weighted by Gasteiger charge is -2.11. The first kappa shape index (κ1) is 24.1. The van der Waals surface area contributed by atoms with Gasteiger partial charge in [0.1, 0.15) is 0 Å². The third kappa shape index (κ3) is 6.97. The average Bonchev–Trinajstić information content (AvgIpc) is 3.38. The maximum atomic E-state index is 12.6. The van der Waals surface area contributed by atoms with Gasteiger partial charge >= 0.3 is 6.18 Å². The minimum absolute atomic E-state index is 0. The summed E-state index contributed by atoms with van der Waals surface area (Å²) in [5.74, 6) is 0.601. The largest absolute Gasteiger partial charge is 0.434 e. The first-order chi connectivity index (χ1) is 14.0. The molecule has 11 heteroatoms. The van der Waals surface area contributed by atoms with Gasteiger partial charge in [0.2, 0.25) is 0 Å². The zero-order chi connectivity index (χ0) is 20.7. The average molecular weight is 550 g/mol. The van der Waals surface area contributed by atoms with Gasteiger partial charge in [-0.25, -0.2) is 14.7 Å². The highest BCUT2D eigenvalue weighted by Crippen LogP contribution is 2.30. The van der Waals surface area contributed by atoms with Crippen LogP contribution in [0.25, 0.3) is 5.69 Å². The summed E-state index contributed by atoms with van der Waals surface area (Å²) in [4.78, 5) is 8.19. The highest BCUT2D eigenvalue weighted by Gasteiger charge is 2.33. The lowest BCUT2D eigenvalue weighted by atomic mass is 10.2. The molecule has 0 atom stereocenters. The van der Waals surface area contributed by atoms with Crippen LogP contribution in [0, 0.1) is 0 Å². The van der Waals surface area contributed by atoms with E-state index in [9.17, 15) is 13.2 Å². The van der Waals surface area contributed by atoms with E-state index in [0.29, 0.717) is 37.0 Å². The van der Waals surface area contributed by atoms with E-state index in [1.165, 1.54) is 0 Å². The van der Waals surface area contributed by atoms with Gasteiger partial charge in [0.25, 0.3) is 0 Å². The third-order valence-electron chi connectivity index (χ3n) is 3.92. The molecule has 0 saturated carbocycles. The summed E-state index contributed by atoms with van der Waals surface area (Å²) in [5, 5.41) is 12.0. The van der Waals surface area contributed by atoms with Crippen molar-refractivity contribution in [2.75, 3.05) is 13.1 Å². The molecule has 0 spiro atoms. The second kappa shape index (κ2) is 11.3. The Morgan fingerprint density at radius 3 is 2.73 bits per heavy atom. The van der Waals surface area contributed by atoms with Crippen molar-refractivity contribution in [1.29, 1.82) is 0 Å². The van der Waals surface area contributed by atoms with Gasteiger partial charge in [-0.3, -0.25) is 0 Å². The van der Waals surface area contributed by atoms with Gasteiger partial charge in [0.15, 0.2) is 11.7 Å². The van der Waals surface area contributed by atoms with Gasteiger partial charge in [-0.05, 0) is 30.7 Å². The normalized spacial score (nSPS) is 11.8. The fraction of sp³-hybridized carbons (Fsp3) is 0.316. The van der Waals surface area contributed by atoms with Crippen molar-refractivity contribution < 1.29 is 13.2 Å². The van der Waals surface area contributed by atoms with Crippen LogP contribution >= 0.6 is 35.3 Å². The smallest absolute Gasteiger partial charge is 0.357 e. The molecule has 2 N–H and O–H groups in total. The molecule has 0 radical (unpaired) electrons. The van der Waals surface area contributed by atoms with Gasteiger partial charge in [-0.1, -0.05) is 12.1 Å². The minimum atomic E-state index is -4.40. The molecule has 6 nitrogen and oxygen atoms in total. The fourth-order valence-corrected chi connectivity index (χ4v) is 3.38. The number of halogens is 4. The molecule has 0 amide bonds. The Morgan fingerprint density at radius 1 is 1.23 bits per heavy atom. The zero-order valence-corrected chi connectivity index (χ0v) is 19.3. The van der Waals surface area contributed by atoms with Crippen LogP contribution < -0.4 is 10.6 Å². The number of hydrogen-bond acceptors (Lipinski definition) is 4. The van der Waals surface area contributed by atoms with Crippen LogP contribution in [0.1, 0.15) is 23.2 Å². The Hall–Kier alpha value is -2.15. The van der Waals surface area contributed by atoms with Crippen molar-refractivity contribution in [1.82, 2.24) is 25.4 Å². The molecule has 0 aliphatic carbocycles. The zero-order valence-electron chi connectivity index (χ0n) is 16.2. The molecular formula is C19H22F3IN6S. The Labute approximate surface area is 193 Å². The van der Waals surface area contributed by atoms with Gasteiger partial charge < -0.3 is 10.6 Å². The van der Waals surface area contributed by atoms with Crippen LogP contribution in [-0.4, -0.2) is 33.8 Å². The Balaban J connectivity index is 0.00000320. The highest BCUT2D eigenvalue weighted by molar-refractivity contribution is 14.0. The van der Waals surface area contributed by atoms with Crippen molar-refractivity contribution in [3.05, 3.63) is 64.4 Å². The van der Waals surface area contributed by atoms with Crippen molar-refractivity contribution >= 4 is 41.3 Å². The maximum absolute atomic E-state index is 12.6. The molecule has 1 aromatic carbocycles. The molecule has 0 bridgehead atoms. The van der Waals surface area contributed by atoms with Crippen LogP contribution in [-0.2, 0) is 19.1 Å². The van der Waals surface area contributed by atoms with E-state index in [2.05, 4.69) is 25.7 Å². The van der Waals surface area contributed by atoms with Crippen LogP contribution in [0.15, 0.2) is 53.1 Å². The molecule has 0 aliphatic heterocycles. The first-order valence-corrected chi connectivity index (χ1v) is 9.96. The highest BCUT2D eigenvalue weighted by atomic mass is 127. The number of nitrogens with one attached hydrogen (secondary N) is 2. The number of guanidine groups is 1. The monoisotopic (exact) mass is 550 g/mol. The molecule has 162 valence electrons. The van der Waals surface area contributed by atoms with Gasteiger partial charge in [-0.15, -0.1) is 35.3 Å². The molecule has 0 aliphatic rings. The summed E-state index contributed by atoms with van der Waals surface area (Å²) in [6, 6.07) is 9.76. The van der Waals surface area contributed by atoms with E-state index in [1.54, 1.807) is 10.9 Å². The van der Waals surface area contributed by atoms with Crippen LogP contribution in [0.3, 0.4) is 0 Å². The van der Waals surface area contributed by atoms with E-state index in [0.717, 1.165) is 28.0 Å². The molecule has 30 heavy (non-hydrogen) atoms. The summed E-state index contributed by atoms with van der Waals surface area (Å²) in [7, 11) is 0. The first-order valence-electron chi connectivity index (χ1n) is 9.08. The number of aliphatic imine (C=N–C) groups is 1. The molecule has 3 aromatic rings. The van der Waals surface area contributed by atoms with E-state index in [1.807, 2.05) is 43.5 Å². The van der Waals surface area contributed by atoms with Gasteiger partial charge in [0.05, 0.1) is 17.2 Å². The Bertz CT molecular complexity index is 940. The number of rotatable bonds is 7. The van der Waals surface area contributed by atoms with Crippen molar-refractivity contribution in [2.45, 2.75) is 26.1 Å². The van der Waals surface area contributed by atoms with Crippen molar-refractivity contribution in [3.8, 4) is 5.69 Å². The SMILES string of the molecule is CCNC(=NCc1cccc(-n2cccn2)c1)NCCc1nc(C(F)(F)F)cs1.I. The van der Waals surface area contributed by atoms with Crippen LogP contribution in [0.2, 0.25) is 0 Å². The predicted octanol–water partition coefficient (Wildman–Crippen LogP) is 4.26. The van der Waals surface area contributed by atoms with Gasteiger partial charge in [0, 0.05) is 37.3 Å². The molecule has 0 unspecified atom stereocenters. The van der Waals surface area contributed by atoms with E-state index in [-0.39, 0.29) is 24.0 Å². The van der Waals surface area contributed by atoms with Crippen LogP contribution in [0.4, 0.5) is 13.2 Å². The number of benzene rings is 1. The maximum Gasteiger partial charge on any atom is 0.434 e. The lowest BCUT2D eigenvalue weighted by molar-refractivity contribution is -0.140. The van der Waals surface area contributed by atoms with Crippen molar-refractivity contribution in [3.63, 3.8) is 0 Å². The molecule has 0 fully saturated rings. The summed E-state index contributed by atoms with van der Waals surface area (Å²) < 4.78 is 39.7. The Kier molecular flexibility index (Phi) is 9.08. The Morgan fingerprint density at radius 2 is 2.07 bits per heavy atom. The molecule has 2 heterocycles. The second-order valence-corrected chi connectivity index (χ2v) is 7.06. The topological polar surface area (TPSA) is 67.1 Å². The number of thiazole rings is 1. The lowest BCUT2D eigenvalue weighted by Crippen LogP contribution is -2.38.